The predicted octanol–water partition coefficient (Wildman–Crippen LogP) is 5.89. The summed E-state index contributed by atoms with van der Waals surface area (Å²) in [5.41, 5.74) is 2.35. The van der Waals surface area contributed by atoms with Crippen LogP contribution in [-0.4, -0.2) is 31.4 Å². The van der Waals surface area contributed by atoms with Crippen molar-refractivity contribution in [3.8, 4) is 11.5 Å². The number of rotatable bonds is 16. The van der Waals surface area contributed by atoms with Gasteiger partial charge < -0.3 is 19.3 Å². The molecule has 0 fully saturated rings. The first-order valence-electron chi connectivity index (χ1n) is 11.2. The molecule has 0 aromatic heterocycles. The molecule has 170 valence electrons. The minimum atomic E-state index is -0.701. The highest BCUT2D eigenvalue weighted by Crippen LogP contribution is 2.30. The van der Waals surface area contributed by atoms with Crippen LogP contribution in [0.4, 0.5) is 0 Å². The van der Waals surface area contributed by atoms with Gasteiger partial charge in [0.1, 0.15) is 6.61 Å². The Kier molecular flexibility index (Phi) is 11.5. The monoisotopic (exact) mass is 428 g/mol. The Morgan fingerprint density at radius 2 is 1.65 bits per heavy atom. The number of hydrogen-bond acceptors (Lipinski definition) is 4. The SMILES string of the molecule is COCCCOc1cc(CCCCCC[C@@H](C)C(=O)O)ccc1OCc1ccccc1. The first-order chi connectivity index (χ1) is 15.1. The average Bonchev–Trinajstić information content (AvgIpc) is 2.78. The Morgan fingerprint density at radius 3 is 2.39 bits per heavy atom. The van der Waals surface area contributed by atoms with E-state index in [0.717, 1.165) is 62.0 Å². The molecule has 2 aromatic carbocycles. The molecule has 1 N–H and O–H groups in total. The number of benzene rings is 2. The van der Waals surface area contributed by atoms with Gasteiger partial charge in [-0.3, -0.25) is 4.79 Å². The topological polar surface area (TPSA) is 65.0 Å². The van der Waals surface area contributed by atoms with Crippen molar-refractivity contribution in [2.45, 2.75) is 58.5 Å². The fourth-order valence-electron chi connectivity index (χ4n) is 3.32. The number of carboxylic acids is 1. The minimum Gasteiger partial charge on any atom is -0.490 e. The van der Waals surface area contributed by atoms with E-state index in [9.17, 15) is 4.79 Å². The maximum atomic E-state index is 10.9. The second kappa shape index (κ2) is 14.5. The summed E-state index contributed by atoms with van der Waals surface area (Å²) in [6.45, 7) is 3.53. The van der Waals surface area contributed by atoms with Crippen molar-refractivity contribution in [3.63, 3.8) is 0 Å². The molecule has 0 unspecified atom stereocenters. The summed E-state index contributed by atoms with van der Waals surface area (Å²) in [4.78, 5) is 10.9. The van der Waals surface area contributed by atoms with Crippen molar-refractivity contribution in [1.29, 1.82) is 0 Å². The zero-order valence-corrected chi connectivity index (χ0v) is 18.8. The lowest BCUT2D eigenvalue weighted by atomic mass is 10.0. The van der Waals surface area contributed by atoms with Crippen molar-refractivity contribution in [2.24, 2.45) is 5.92 Å². The smallest absolute Gasteiger partial charge is 0.306 e. The summed E-state index contributed by atoms with van der Waals surface area (Å²) in [5.74, 6) is 0.585. The number of ether oxygens (including phenoxy) is 3. The van der Waals surface area contributed by atoms with Crippen LogP contribution < -0.4 is 9.47 Å². The highest BCUT2D eigenvalue weighted by atomic mass is 16.5. The molecule has 5 nitrogen and oxygen atoms in total. The van der Waals surface area contributed by atoms with Gasteiger partial charge in [-0.25, -0.2) is 0 Å². The van der Waals surface area contributed by atoms with E-state index in [1.165, 1.54) is 5.56 Å². The van der Waals surface area contributed by atoms with Crippen LogP contribution in [-0.2, 0) is 22.6 Å². The standard InChI is InChI=1S/C26H36O5/c1-21(26(27)28)11-6-3-4-7-12-22-15-16-24(25(19-22)30-18-10-17-29-2)31-20-23-13-8-5-9-14-23/h5,8-9,13-16,19,21H,3-4,6-7,10-12,17-18,20H2,1-2H3,(H,27,28)/t21-/m1/s1. The molecule has 0 saturated carbocycles. The van der Waals surface area contributed by atoms with Crippen LogP contribution in [0.15, 0.2) is 48.5 Å². The van der Waals surface area contributed by atoms with Gasteiger partial charge in [0.25, 0.3) is 0 Å². The van der Waals surface area contributed by atoms with E-state index in [1.807, 2.05) is 36.4 Å². The van der Waals surface area contributed by atoms with Crippen LogP contribution in [0.25, 0.3) is 0 Å². The zero-order valence-electron chi connectivity index (χ0n) is 18.8. The quantitative estimate of drug-likeness (QED) is 0.338. The second-order valence-corrected chi connectivity index (χ2v) is 7.94. The molecule has 0 bridgehead atoms. The number of carbonyl (C=O) groups is 1. The van der Waals surface area contributed by atoms with Gasteiger partial charge in [0.15, 0.2) is 11.5 Å². The Balaban J connectivity index is 1.85. The molecule has 5 heteroatoms. The number of carboxylic acid groups (broad SMARTS) is 1. The van der Waals surface area contributed by atoms with Crippen LogP contribution in [0.5, 0.6) is 11.5 Å². The third kappa shape index (κ3) is 9.88. The molecule has 0 amide bonds. The fraction of sp³-hybridized carbons (Fsp3) is 0.500. The molecule has 0 aliphatic rings. The van der Waals surface area contributed by atoms with Crippen LogP contribution in [0, 0.1) is 5.92 Å². The molecule has 31 heavy (non-hydrogen) atoms. The molecular formula is C26H36O5. The largest absolute Gasteiger partial charge is 0.490 e. The Hall–Kier alpha value is -2.53. The lowest BCUT2D eigenvalue weighted by Crippen LogP contribution is -2.08. The molecular weight excluding hydrogens is 392 g/mol. The van der Waals surface area contributed by atoms with Gasteiger partial charge in [-0.1, -0.05) is 62.6 Å². The van der Waals surface area contributed by atoms with Crippen molar-refractivity contribution in [1.82, 2.24) is 0 Å². The maximum absolute atomic E-state index is 10.9. The Bertz CT molecular complexity index is 760. The normalized spacial score (nSPS) is 11.8. The van der Waals surface area contributed by atoms with E-state index >= 15 is 0 Å². The first-order valence-corrected chi connectivity index (χ1v) is 11.2. The molecule has 0 aliphatic heterocycles. The van der Waals surface area contributed by atoms with Gasteiger partial charge in [0.2, 0.25) is 0 Å². The number of unbranched alkanes of at least 4 members (excludes halogenated alkanes) is 3. The Morgan fingerprint density at radius 1 is 0.871 bits per heavy atom. The van der Waals surface area contributed by atoms with Crippen LogP contribution in [0.1, 0.15) is 56.6 Å². The lowest BCUT2D eigenvalue weighted by Gasteiger charge is -2.14. The van der Waals surface area contributed by atoms with Gasteiger partial charge in [0.05, 0.1) is 12.5 Å². The molecule has 1 atom stereocenters. The van der Waals surface area contributed by atoms with Crippen molar-refractivity contribution in [3.05, 3.63) is 59.7 Å². The Labute approximate surface area is 186 Å². The summed E-state index contributed by atoms with van der Waals surface area (Å²) in [6, 6.07) is 16.3. The predicted molar refractivity (Wildman–Crippen MR) is 123 cm³/mol. The van der Waals surface area contributed by atoms with Crippen LogP contribution >= 0.6 is 0 Å². The van der Waals surface area contributed by atoms with Gasteiger partial charge in [-0.05, 0) is 42.5 Å². The van der Waals surface area contributed by atoms with Gasteiger partial charge in [-0.15, -0.1) is 0 Å². The van der Waals surface area contributed by atoms with Gasteiger partial charge >= 0.3 is 5.97 Å². The average molecular weight is 429 g/mol. The van der Waals surface area contributed by atoms with Gasteiger partial charge in [0, 0.05) is 20.1 Å². The molecule has 0 heterocycles. The molecule has 0 aliphatic carbocycles. The van der Waals surface area contributed by atoms with Crippen molar-refractivity contribution >= 4 is 5.97 Å². The molecule has 0 radical (unpaired) electrons. The van der Waals surface area contributed by atoms with Crippen molar-refractivity contribution in [2.75, 3.05) is 20.3 Å². The van der Waals surface area contributed by atoms with E-state index in [4.69, 9.17) is 19.3 Å². The lowest BCUT2D eigenvalue weighted by molar-refractivity contribution is -0.141. The van der Waals surface area contributed by atoms with Crippen LogP contribution in [0.3, 0.4) is 0 Å². The van der Waals surface area contributed by atoms with E-state index in [0.29, 0.717) is 19.8 Å². The van der Waals surface area contributed by atoms with Crippen LogP contribution in [0.2, 0.25) is 0 Å². The number of aliphatic carboxylic acids is 1. The second-order valence-electron chi connectivity index (χ2n) is 7.94. The highest BCUT2D eigenvalue weighted by molar-refractivity contribution is 5.69. The number of aryl methyl sites for hydroxylation is 1. The first kappa shape index (κ1) is 24.7. The summed E-state index contributed by atoms with van der Waals surface area (Å²) < 4.78 is 17.1. The van der Waals surface area contributed by atoms with E-state index in [2.05, 4.69) is 12.1 Å². The van der Waals surface area contributed by atoms with Crippen molar-refractivity contribution < 1.29 is 24.1 Å². The summed E-state index contributed by atoms with van der Waals surface area (Å²) in [6.07, 6.45) is 6.76. The minimum absolute atomic E-state index is 0.249. The summed E-state index contributed by atoms with van der Waals surface area (Å²) >= 11 is 0. The molecule has 2 rings (SSSR count). The summed E-state index contributed by atoms with van der Waals surface area (Å²) in [7, 11) is 1.69. The number of methoxy groups -OCH3 is 1. The molecule has 2 aromatic rings. The third-order valence-corrected chi connectivity index (χ3v) is 5.27. The van der Waals surface area contributed by atoms with E-state index in [1.54, 1.807) is 14.0 Å². The van der Waals surface area contributed by atoms with E-state index < -0.39 is 5.97 Å². The zero-order chi connectivity index (χ0) is 22.3. The molecule has 0 spiro atoms. The van der Waals surface area contributed by atoms with Gasteiger partial charge in [-0.2, -0.15) is 0 Å². The third-order valence-electron chi connectivity index (χ3n) is 5.27. The van der Waals surface area contributed by atoms with E-state index in [-0.39, 0.29) is 5.92 Å². The summed E-state index contributed by atoms with van der Waals surface area (Å²) in [5, 5.41) is 8.95. The molecule has 0 saturated heterocycles. The fourth-order valence-corrected chi connectivity index (χ4v) is 3.32. The number of hydrogen-bond donors (Lipinski definition) is 1. The highest BCUT2D eigenvalue weighted by Gasteiger charge is 2.10. The maximum Gasteiger partial charge on any atom is 0.306 e.